The lowest BCUT2D eigenvalue weighted by atomic mass is 10.2. The van der Waals surface area contributed by atoms with Gasteiger partial charge in [0.2, 0.25) is 0 Å². The summed E-state index contributed by atoms with van der Waals surface area (Å²) >= 11 is 9.24. The summed E-state index contributed by atoms with van der Waals surface area (Å²) in [6.07, 6.45) is 0. The van der Waals surface area contributed by atoms with Crippen molar-refractivity contribution in [1.29, 1.82) is 0 Å². The molecule has 0 unspecified atom stereocenters. The van der Waals surface area contributed by atoms with Crippen LogP contribution in [0.15, 0.2) is 53.0 Å². The van der Waals surface area contributed by atoms with Crippen molar-refractivity contribution in [2.75, 3.05) is 0 Å². The second-order valence-corrected chi connectivity index (χ2v) is 6.57. The molecule has 0 spiro atoms. The molecular weight excluding hydrogens is 392 g/mol. The van der Waals surface area contributed by atoms with Crippen molar-refractivity contribution in [3.8, 4) is 5.69 Å². The van der Waals surface area contributed by atoms with E-state index in [9.17, 15) is 4.79 Å². The number of rotatable bonds is 4. The first-order valence-corrected chi connectivity index (χ1v) is 8.42. The molecule has 0 radical (unpaired) electrons. The van der Waals surface area contributed by atoms with Gasteiger partial charge in [0.25, 0.3) is 5.91 Å². The van der Waals surface area contributed by atoms with Gasteiger partial charge < -0.3 is 5.32 Å². The number of hydrogen-bond acceptors (Lipinski definition) is 3. The average Bonchev–Trinajstić information content (AvgIpc) is 2.96. The van der Waals surface area contributed by atoms with Gasteiger partial charge in [-0.15, -0.1) is 5.10 Å². The Balaban J connectivity index is 1.74. The van der Waals surface area contributed by atoms with Crippen LogP contribution in [0, 0.1) is 6.92 Å². The van der Waals surface area contributed by atoms with Crippen molar-refractivity contribution in [3.05, 3.63) is 75.0 Å². The van der Waals surface area contributed by atoms with Gasteiger partial charge >= 0.3 is 0 Å². The van der Waals surface area contributed by atoms with Crippen LogP contribution in [0.4, 0.5) is 0 Å². The van der Waals surface area contributed by atoms with E-state index in [0.29, 0.717) is 23.0 Å². The zero-order valence-corrected chi connectivity index (χ0v) is 15.2. The standard InChI is InChI=1S/C17H14BrClN4O/c1-11-16(17(24)20-10-12-2-6-14(19)7-3-12)21-22-23(11)15-8-4-13(18)5-9-15/h2-9H,10H2,1H3,(H,20,24). The van der Waals surface area contributed by atoms with E-state index in [1.807, 2.05) is 43.3 Å². The summed E-state index contributed by atoms with van der Waals surface area (Å²) < 4.78 is 2.62. The Hall–Kier alpha value is -2.18. The molecule has 3 rings (SSSR count). The molecule has 2 aromatic carbocycles. The molecule has 122 valence electrons. The highest BCUT2D eigenvalue weighted by Crippen LogP contribution is 2.16. The topological polar surface area (TPSA) is 59.8 Å². The van der Waals surface area contributed by atoms with E-state index in [1.54, 1.807) is 16.8 Å². The third kappa shape index (κ3) is 3.66. The fourth-order valence-electron chi connectivity index (χ4n) is 2.23. The van der Waals surface area contributed by atoms with E-state index in [-0.39, 0.29) is 5.91 Å². The predicted octanol–water partition coefficient (Wildman–Crippen LogP) is 3.92. The van der Waals surface area contributed by atoms with Gasteiger partial charge in [-0.05, 0) is 48.9 Å². The molecule has 0 fully saturated rings. The largest absolute Gasteiger partial charge is 0.347 e. The number of halogens is 2. The lowest BCUT2D eigenvalue weighted by molar-refractivity contribution is 0.0945. The highest BCUT2D eigenvalue weighted by Gasteiger charge is 2.17. The smallest absolute Gasteiger partial charge is 0.274 e. The van der Waals surface area contributed by atoms with Gasteiger partial charge in [-0.1, -0.05) is 44.9 Å². The molecule has 1 aromatic heterocycles. The van der Waals surface area contributed by atoms with E-state index in [0.717, 1.165) is 15.7 Å². The molecule has 1 N–H and O–H groups in total. The van der Waals surface area contributed by atoms with Crippen molar-refractivity contribution in [1.82, 2.24) is 20.3 Å². The van der Waals surface area contributed by atoms with Crippen LogP contribution in [0.5, 0.6) is 0 Å². The Kier molecular flexibility index (Phi) is 4.97. The quantitative estimate of drug-likeness (QED) is 0.715. The second-order valence-electron chi connectivity index (χ2n) is 5.22. The monoisotopic (exact) mass is 404 g/mol. The molecule has 24 heavy (non-hydrogen) atoms. The lowest BCUT2D eigenvalue weighted by Crippen LogP contribution is -2.24. The van der Waals surface area contributed by atoms with Gasteiger partial charge in [0.1, 0.15) is 0 Å². The molecule has 0 aliphatic heterocycles. The first-order chi connectivity index (χ1) is 11.5. The van der Waals surface area contributed by atoms with Gasteiger partial charge in [0, 0.05) is 16.0 Å². The number of carbonyl (C=O) groups excluding carboxylic acids is 1. The summed E-state index contributed by atoms with van der Waals surface area (Å²) in [7, 11) is 0. The summed E-state index contributed by atoms with van der Waals surface area (Å²) in [6, 6.07) is 15.0. The minimum absolute atomic E-state index is 0.259. The average molecular weight is 406 g/mol. The third-order valence-corrected chi connectivity index (χ3v) is 4.33. The first-order valence-electron chi connectivity index (χ1n) is 7.25. The zero-order valence-electron chi connectivity index (χ0n) is 12.8. The van der Waals surface area contributed by atoms with Crippen LogP contribution in [0.3, 0.4) is 0 Å². The third-order valence-electron chi connectivity index (χ3n) is 3.55. The van der Waals surface area contributed by atoms with Crippen LogP contribution in [-0.2, 0) is 6.54 Å². The van der Waals surface area contributed by atoms with Gasteiger partial charge in [0.15, 0.2) is 5.69 Å². The molecule has 1 heterocycles. The number of amides is 1. The molecule has 0 saturated heterocycles. The van der Waals surface area contributed by atoms with Crippen LogP contribution in [0.25, 0.3) is 5.69 Å². The van der Waals surface area contributed by atoms with E-state index < -0.39 is 0 Å². The van der Waals surface area contributed by atoms with E-state index >= 15 is 0 Å². The Bertz CT molecular complexity index is 859. The lowest BCUT2D eigenvalue weighted by Gasteiger charge is -2.05. The van der Waals surface area contributed by atoms with Gasteiger partial charge in [-0.25, -0.2) is 4.68 Å². The maximum absolute atomic E-state index is 12.3. The maximum atomic E-state index is 12.3. The van der Waals surface area contributed by atoms with Crippen molar-refractivity contribution in [2.45, 2.75) is 13.5 Å². The zero-order chi connectivity index (χ0) is 17.1. The summed E-state index contributed by atoms with van der Waals surface area (Å²) in [5.41, 5.74) is 2.81. The maximum Gasteiger partial charge on any atom is 0.274 e. The highest BCUT2D eigenvalue weighted by atomic mass is 79.9. The molecule has 5 nitrogen and oxygen atoms in total. The molecular formula is C17H14BrClN4O. The first kappa shape index (κ1) is 16.7. The number of aromatic nitrogens is 3. The summed E-state index contributed by atoms with van der Waals surface area (Å²) in [4.78, 5) is 12.3. The van der Waals surface area contributed by atoms with Crippen molar-refractivity contribution in [2.24, 2.45) is 0 Å². The molecule has 0 aliphatic rings. The Morgan fingerprint density at radius 2 is 1.83 bits per heavy atom. The Morgan fingerprint density at radius 1 is 1.17 bits per heavy atom. The van der Waals surface area contributed by atoms with Crippen molar-refractivity contribution < 1.29 is 4.79 Å². The fourth-order valence-corrected chi connectivity index (χ4v) is 2.63. The molecule has 0 bridgehead atoms. The van der Waals surface area contributed by atoms with Crippen molar-refractivity contribution >= 4 is 33.4 Å². The summed E-state index contributed by atoms with van der Waals surface area (Å²) in [5.74, 6) is -0.259. The number of carbonyl (C=O) groups is 1. The van der Waals surface area contributed by atoms with Gasteiger partial charge in [-0.3, -0.25) is 4.79 Å². The van der Waals surface area contributed by atoms with Crippen LogP contribution >= 0.6 is 27.5 Å². The molecule has 0 atom stereocenters. The molecule has 0 aliphatic carbocycles. The Labute approximate surface area is 152 Å². The number of hydrogen-bond donors (Lipinski definition) is 1. The number of nitrogens with one attached hydrogen (secondary N) is 1. The van der Waals surface area contributed by atoms with Gasteiger partial charge in [-0.2, -0.15) is 0 Å². The Morgan fingerprint density at radius 3 is 2.50 bits per heavy atom. The molecule has 3 aromatic rings. The SMILES string of the molecule is Cc1c(C(=O)NCc2ccc(Cl)cc2)nnn1-c1ccc(Br)cc1. The van der Waals surface area contributed by atoms with Gasteiger partial charge in [0.05, 0.1) is 11.4 Å². The van der Waals surface area contributed by atoms with Crippen LogP contribution in [-0.4, -0.2) is 20.9 Å². The van der Waals surface area contributed by atoms with E-state index in [4.69, 9.17) is 11.6 Å². The minimum Gasteiger partial charge on any atom is -0.347 e. The molecule has 0 saturated carbocycles. The second kappa shape index (κ2) is 7.15. The van der Waals surface area contributed by atoms with Crippen LogP contribution in [0.1, 0.15) is 21.7 Å². The van der Waals surface area contributed by atoms with Crippen LogP contribution < -0.4 is 5.32 Å². The summed E-state index contributed by atoms with van der Waals surface area (Å²) in [6.45, 7) is 2.22. The molecule has 7 heteroatoms. The van der Waals surface area contributed by atoms with E-state index in [2.05, 4.69) is 31.6 Å². The number of nitrogens with zero attached hydrogens (tertiary/aromatic N) is 3. The van der Waals surface area contributed by atoms with Crippen molar-refractivity contribution in [3.63, 3.8) is 0 Å². The minimum atomic E-state index is -0.259. The number of benzene rings is 2. The predicted molar refractivity (Wildman–Crippen MR) is 96.4 cm³/mol. The summed E-state index contributed by atoms with van der Waals surface area (Å²) in [5, 5.41) is 11.6. The van der Waals surface area contributed by atoms with E-state index in [1.165, 1.54) is 0 Å². The normalized spacial score (nSPS) is 10.6. The van der Waals surface area contributed by atoms with Crippen LogP contribution in [0.2, 0.25) is 5.02 Å². The highest BCUT2D eigenvalue weighted by molar-refractivity contribution is 9.10. The fraction of sp³-hybridized carbons (Fsp3) is 0.118. The molecule has 1 amide bonds.